The van der Waals surface area contributed by atoms with Crippen molar-refractivity contribution in [2.45, 2.75) is 51.7 Å². The molecule has 150 valence electrons. The first-order chi connectivity index (χ1) is 13.2. The van der Waals surface area contributed by atoms with Gasteiger partial charge in [0.15, 0.2) is 11.5 Å². The lowest BCUT2D eigenvalue weighted by Crippen LogP contribution is -2.41. The van der Waals surface area contributed by atoms with E-state index in [0.717, 1.165) is 17.0 Å². The summed E-state index contributed by atoms with van der Waals surface area (Å²) < 4.78 is 42.9. The third kappa shape index (κ3) is 3.29. The van der Waals surface area contributed by atoms with Crippen LogP contribution < -0.4 is 4.90 Å². The highest BCUT2D eigenvalue weighted by Crippen LogP contribution is 2.34. The van der Waals surface area contributed by atoms with Gasteiger partial charge in [-0.2, -0.15) is 22.7 Å². The third-order valence-corrected chi connectivity index (χ3v) is 5.06. The minimum absolute atomic E-state index is 0.0784. The first-order valence-corrected chi connectivity index (χ1v) is 9.15. The molecule has 3 aromatic heterocycles. The Hall–Kier alpha value is -2.72. The van der Waals surface area contributed by atoms with Crippen molar-refractivity contribution in [3.8, 4) is 0 Å². The fourth-order valence-electron chi connectivity index (χ4n) is 3.56. The average molecular weight is 394 g/mol. The Bertz CT molecular complexity index is 967. The van der Waals surface area contributed by atoms with Crippen LogP contribution in [0.2, 0.25) is 0 Å². The van der Waals surface area contributed by atoms with Crippen molar-refractivity contribution in [3.05, 3.63) is 29.2 Å². The standard InChI is InChI=1S/C17H21F3N8/c1-10-9-21-11(2)28-15(10)22-13(24-28)6-7-14-23-16(25-26(14)3)27-8-4-5-12(27)17(18,19)20/h9,12H,4-8H2,1-3H3. The highest BCUT2D eigenvalue weighted by molar-refractivity contribution is 5.45. The van der Waals surface area contributed by atoms with Crippen LogP contribution >= 0.6 is 0 Å². The van der Waals surface area contributed by atoms with Gasteiger partial charge in [-0.1, -0.05) is 0 Å². The number of aromatic nitrogens is 7. The van der Waals surface area contributed by atoms with Gasteiger partial charge < -0.3 is 4.90 Å². The van der Waals surface area contributed by atoms with Crippen molar-refractivity contribution in [3.63, 3.8) is 0 Å². The van der Waals surface area contributed by atoms with Crippen molar-refractivity contribution >= 4 is 11.6 Å². The Balaban J connectivity index is 1.52. The topological polar surface area (TPSA) is 77.0 Å². The molecule has 0 radical (unpaired) electrons. The maximum absolute atomic E-state index is 13.2. The fourth-order valence-corrected chi connectivity index (χ4v) is 3.56. The van der Waals surface area contributed by atoms with E-state index in [1.165, 1.54) is 9.58 Å². The molecule has 0 aliphatic carbocycles. The molecule has 1 atom stereocenters. The number of alkyl halides is 3. The molecule has 0 N–H and O–H groups in total. The summed E-state index contributed by atoms with van der Waals surface area (Å²) in [5.41, 5.74) is 1.68. The van der Waals surface area contributed by atoms with Crippen LogP contribution in [-0.2, 0) is 19.9 Å². The first-order valence-electron chi connectivity index (χ1n) is 9.15. The highest BCUT2D eigenvalue weighted by atomic mass is 19.4. The van der Waals surface area contributed by atoms with Crippen LogP contribution in [0.5, 0.6) is 0 Å². The van der Waals surface area contributed by atoms with E-state index in [4.69, 9.17) is 0 Å². The van der Waals surface area contributed by atoms with Crippen molar-refractivity contribution in [1.82, 2.24) is 34.3 Å². The van der Waals surface area contributed by atoms with Gasteiger partial charge in [-0.15, -0.1) is 10.2 Å². The number of hydrogen-bond donors (Lipinski definition) is 0. The Labute approximate surface area is 159 Å². The van der Waals surface area contributed by atoms with Crippen molar-refractivity contribution in [2.75, 3.05) is 11.4 Å². The van der Waals surface area contributed by atoms with E-state index >= 15 is 0 Å². The molecule has 28 heavy (non-hydrogen) atoms. The van der Waals surface area contributed by atoms with E-state index < -0.39 is 12.2 Å². The summed E-state index contributed by atoms with van der Waals surface area (Å²) in [6.45, 7) is 4.09. The molecule has 0 aromatic carbocycles. The highest BCUT2D eigenvalue weighted by Gasteiger charge is 2.47. The summed E-state index contributed by atoms with van der Waals surface area (Å²) in [4.78, 5) is 14.4. The molecule has 0 saturated carbocycles. The summed E-state index contributed by atoms with van der Waals surface area (Å²) in [6, 6.07) is -1.51. The van der Waals surface area contributed by atoms with Gasteiger partial charge in [0.05, 0.1) is 0 Å². The lowest BCUT2D eigenvalue weighted by molar-refractivity contribution is -0.146. The van der Waals surface area contributed by atoms with Crippen LogP contribution in [0.1, 0.15) is 35.9 Å². The summed E-state index contributed by atoms with van der Waals surface area (Å²) in [5.74, 6) is 2.12. The van der Waals surface area contributed by atoms with Crippen LogP contribution in [-0.4, -0.2) is 53.1 Å². The van der Waals surface area contributed by atoms with Crippen LogP contribution in [0.4, 0.5) is 19.1 Å². The number of halogens is 3. The molecule has 0 bridgehead atoms. The molecule has 11 heteroatoms. The van der Waals surface area contributed by atoms with Gasteiger partial charge in [0, 0.05) is 38.2 Å². The van der Waals surface area contributed by atoms with Gasteiger partial charge in [-0.3, -0.25) is 4.68 Å². The number of anilines is 1. The van der Waals surface area contributed by atoms with Crippen molar-refractivity contribution < 1.29 is 13.2 Å². The van der Waals surface area contributed by atoms with Crippen LogP contribution in [0.3, 0.4) is 0 Å². The SMILES string of the molecule is Cc1cnc(C)n2nc(CCc3nc(N4CCCC4C(F)(F)F)nn3C)nc12. The predicted molar refractivity (Wildman–Crippen MR) is 95.1 cm³/mol. The molecular weight excluding hydrogens is 373 g/mol. The maximum Gasteiger partial charge on any atom is 0.408 e. The molecule has 1 saturated heterocycles. The molecule has 3 aromatic rings. The number of hydrogen-bond acceptors (Lipinski definition) is 6. The van der Waals surface area contributed by atoms with Gasteiger partial charge in [0.2, 0.25) is 5.95 Å². The average Bonchev–Trinajstić information content (AvgIpc) is 3.33. The smallest absolute Gasteiger partial charge is 0.327 e. The van der Waals surface area contributed by atoms with Gasteiger partial charge in [0.25, 0.3) is 0 Å². The van der Waals surface area contributed by atoms with Gasteiger partial charge in [-0.05, 0) is 26.7 Å². The van der Waals surface area contributed by atoms with E-state index in [0.29, 0.717) is 37.5 Å². The Morgan fingerprint density at radius 2 is 1.93 bits per heavy atom. The van der Waals surface area contributed by atoms with E-state index in [1.807, 2.05) is 13.8 Å². The molecule has 0 spiro atoms. The maximum atomic E-state index is 13.2. The molecule has 1 unspecified atom stereocenters. The zero-order valence-corrected chi connectivity index (χ0v) is 15.9. The lowest BCUT2D eigenvalue weighted by atomic mass is 10.2. The number of fused-ring (bicyclic) bond motifs is 1. The Morgan fingerprint density at radius 3 is 2.64 bits per heavy atom. The largest absolute Gasteiger partial charge is 0.408 e. The van der Waals surface area contributed by atoms with Gasteiger partial charge in [-0.25, -0.2) is 9.97 Å². The summed E-state index contributed by atoms with van der Waals surface area (Å²) in [7, 11) is 1.69. The van der Waals surface area contributed by atoms with Gasteiger partial charge in [0.1, 0.15) is 17.7 Å². The zero-order chi connectivity index (χ0) is 20.1. The quantitative estimate of drug-likeness (QED) is 0.675. The molecule has 1 fully saturated rings. The Morgan fingerprint density at radius 1 is 1.14 bits per heavy atom. The van der Waals surface area contributed by atoms with E-state index in [9.17, 15) is 13.2 Å². The normalized spacial score (nSPS) is 17.8. The van der Waals surface area contributed by atoms with Crippen molar-refractivity contribution in [1.29, 1.82) is 0 Å². The second-order valence-corrected chi connectivity index (χ2v) is 7.10. The van der Waals surface area contributed by atoms with E-state index in [2.05, 4.69) is 25.1 Å². The molecule has 1 aliphatic rings. The molecule has 8 nitrogen and oxygen atoms in total. The lowest BCUT2D eigenvalue weighted by Gasteiger charge is -2.25. The van der Waals surface area contributed by atoms with Crippen LogP contribution in [0, 0.1) is 13.8 Å². The monoisotopic (exact) mass is 394 g/mol. The summed E-state index contributed by atoms with van der Waals surface area (Å²) in [5, 5.41) is 8.69. The van der Waals surface area contributed by atoms with E-state index in [-0.39, 0.29) is 12.4 Å². The third-order valence-electron chi connectivity index (χ3n) is 5.06. The number of rotatable bonds is 4. The van der Waals surface area contributed by atoms with Crippen LogP contribution in [0.15, 0.2) is 6.20 Å². The van der Waals surface area contributed by atoms with Crippen molar-refractivity contribution in [2.24, 2.45) is 7.05 Å². The minimum atomic E-state index is -4.28. The molecule has 0 amide bonds. The molecule has 4 heterocycles. The second kappa shape index (κ2) is 6.71. The van der Waals surface area contributed by atoms with Gasteiger partial charge >= 0.3 is 6.18 Å². The first kappa shape index (κ1) is 18.6. The Kier molecular flexibility index (Phi) is 4.47. The molecule has 4 rings (SSSR count). The second-order valence-electron chi connectivity index (χ2n) is 7.10. The zero-order valence-electron chi connectivity index (χ0n) is 15.9. The molecule has 1 aliphatic heterocycles. The predicted octanol–water partition coefficient (Wildman–Crippen LogP) is 2.19. The summed E-state index contributed by atoms with van der Waals surface area (Å²) >= 11 is 0. The number of aryl methyl sites for hydroxylation is 5. The minimum Gasteiger partial charge on any atom is -0.327 e. The summed E-state index contributed by atoms with van der Waals surface area (Å²) in [6.07, 6.45) is -0.971. The van der Waals surface area contributed by atoms with Crippen LogP contribution in [0.25, 0.3) is 5.65 Å². The molecular formula is C17H21F3N8. The fraction of sp³-hybridized carbons (Fsp3) is 0.588. The number of nitrogens with zero attached hydrogens (tertiary/aromatic N) is 8. The van der Waals surface area contributed by atoms with E-state index in [1.54, 1.807) is 17.8 Å².